The molecule has 0 radical (unpaired) electrons. The largest absolute Gasteiger partial charge is 0.377 e. The Morgan fingerprint density at radius 1 is 1.52 bits per heavy atom. The number of nitrogens with two attached hydrogens (primary N) is 1. The second-order valence-corrected chi connectivity index (χ2v) is 5.57. The first-order valence-corrected chi connectivity index (χ1v) is 7.04. The summed E-state index contributed by atoms with van der Waals surface area (Å²) < 4.78 is 7.43. The van der Waals surface area contributed by atoms with Crippen molar-refractivity contribution in [3.63, 3.8) is 0 Å². The number of carbonyl (C=O) groups is 1. The molecule has 1 amide bonds. The van der Waals surface area contributed by atoms with Gasteiger partial charge in [-0.2, -0.15) is 5.10 Å². The molecule has 2 unspecified atom stereocenters. The van der Waals surface area contributed by atoms with Crippen molar-refractivity contribution in [1.82, 2.24) is 14.7 Å². The molecule has 1 saturated heterocycles. The van der Waals surface area contributed by atoms with Crippen molar-refractivity contribution in [1.29, 1.82) is 0 Å². The number of amides is 1. The van der Waals surface area contributed by atoms with Crippen LogP contribution in [0.2, 0.25) is 0 Å². The Kier molecular flexibility index (Phi) is 6.19. The number of rotatable bonds is 3. The Balaban J connectivity index is 0.00000220. The fourth-order valence-electron chi connectivity index (χ4n) is 2.81. The lowest BCUT2D eigenvalue weighted by Crippen LogP contribution is -2.45. The Morgan fingerprint density at radius 3 is 2.71 bits per heavy atom. The van der Waals surface area contributed by atoms with Crippen LogP contribution in [0.5, 0.6) is 0 Å². The Morgan fingerprint density at radius 2 is 2.19 bits per heavy atom. The molecule has 2 N–H and O–H groups in total. The summed E-state index contributed by atoms with van der Waals surface area (Å²) in [5.74, 6) is 0.0935. The third-order valence-electron chi connectivity index (χ3n) is 3.84. The van der Waals surface area contributed by atoms with Crippen molar-refractivity contribution in [3.8, 4) is 0 Å². The lowest BCUT2D eigenvalue weighted by atomic mass is 10.0. The summed E-state index contributed by atoms with van der Waals surface area (Å²) in [6.45, 7) is 7.58. The summed E-state index contributed by atoms with van der Waals surface area (Å²) in [7, 11) is 1.92. The van der Waals surface area contributed by atoms with Crippen LogP contribution in [0.3, 0.4) is 0 Å². The van der Waals surface area contributed by atoms with Gasteiger partial charge in [-0.25, -0.2) is 0 Å². The van der Waals surface area contributed by atoms with Gasteiger partial charge in [0.1, 0.15) is 0 Å². The molecule has 1 aliphatic heterocycles. The molecule has 2 atom stereocenters. The van der Waals surface area contributed by atoms with Gasteiger partial charge in [-0.3, -0.25) is 9.48 Å². The molecular weight excluding hydrogens is 292 g/mol. The van der Waals surface area contributed by atoms with E-state index in [-0.39, 0.29) is 30.4 Å². The van der Waals surface area contributed by atoms with Crippen LogP contribution in [0.1, 0.15) is 36.3 Å². The van der Waals surface area contributed by atoms with Gasteiger partial charge in [0.05, 0.1) is 24.9 Å². The quantitative estimate of drug-likeness (QED) is 0.906. The van der Waals surface area contributed by atoms with Crippen molar-refractivity contribution in [2.75, 3.05) is 19.8 Å². The van der Waals surface area contributed by atoms with Gasteiger partial charge in [0.15, 0.2) is 0 Å². The zero-order valence-electron chi connectivity index (χ0n) is 13.1. The molecule has 1 aliphatic rings. The van der Waals surface area contributed by atoms with Gasteiger partial charge in [0.25, 0.3) is 0 Å². The van der Waals surface area contributed by atoms with Crippen LogP contribution in [0.25, 0.3) is 0 Å². The molecule has 0 spiro atoms. The minimum Gasteiger partial charge on any atom is -0.377 e. The number of ether oxygens (including phenoxy) is 1. The van der Waals surface area contributed by atoms with E-state index in [0.717, 1.165) is 17.0 Å². The predicted molar refractivity (Wildman–Crippen MR) is 83.5 cm³/mol. The number of hydrogen-bond acceptors (Lipinski definition) is 4. The van der Waals surface area contributed by atoms with Gasteiger partial charge >= 0.3 is 0 Å². The summed E-state index contributed by atoms with van der Waals surface area (Å²) in [5.41, 5.74) is 8.89. The van der Waals surface area contributed by atoms with E-state index in [4.69, 9.17) is 10.5 Å². The lowest BCUT2D eigenvalue weighted by molar-refractivity contribution is -0.140. The Bertz CT molecular complexity index is 501. The Hall–Kier alpha value is -1.11. The first-order valence-electron chi connectivity index (χ1n) is 7.04. The first-order chi connectivity index (χ1) is 9.41. The van der Waals surface area contributed by atoms with E-state index < -0.39 is 0 Å². The van der Waals surface area contributed by atoms with E-state index >= 15 is 0 Å². The fourth-order valence-corrected chi connectivity index (χ4v) is 2.81. The van der Waals surface area contributed by atoms with E-state index in [1.807, 2.05) is 37.4 Å². The summed E-state index contributed by atoms with van der Waals surface area (Å²) in [6, 6.07) is -0.175. The van der Waals surface area contributed by atoms with Crippen LogP contribution in [0.4, 0.5) is 0 Å². The molecule has 120 valence electrons. The second-order valence-electron chi connectivity index (χ2n) is 5.57. The molecule has 1 aromatic heterocycles. The molecule has 6 nitrogen and oxygen atoms in total. The van der Waals surface area contributed by atoms with Crippen LogP contribution in [0, 0.1) is 13.8 Å². The average molecular weight is 317 g/mol. The summed E-state index contributed by atoms with van der Waals surface area (Å²) in [6.07, 6.45) is 0.370. The van der Waals surface area contributed by atoms with Crippen LogP contribution >= 0.6 is 12.4 Å². The topological polar surface area (TPSA) is 73.4 Å². The summed E-state index contributed by atoms with van der Waals surface area (Å²) in [4.78, 5) is 14.3. The van der Waals surface area contributed by atoms with E-state index in [2.05, 4.69) is 5.10 Å². The van der Waals surface area contributed by atoms with Gasteiger partial charge in [0.2, 0.25) is 5.91 Å². The zero-order valence-corrected chi connectivity index (χ0v) is 13.9. The second kappa shape index (κ2) is 7.24. The lowest BCUT2D eigenvalue weighted by Gasteiger charge is -2.36. The van der Waals surface area contributed by atoms with Crippen molar-refractivity contribution in [2.24, 2.45) is 12.8 Å². The normalized spacial score (nSPS) is 20.0. The number of carbonyl (C=O) groups excluding carboxylic acids is 1. The maximum absolute atomic E-state index is 12.4. The third kappa shape index (κ3) is 3.75. The molecule has 0 aliphatic carbocycles. The van der Waals surface area contributed by atoms with E-state index in [1.165, 1.54) is 0 Å². The van der Waals surface area contributed by atoms with Crippen molar-refractivity contribution in [2.45, 2.75) is 39.3 Å². The molecule has 1 aromatic rings. The minimum absolute atomic E-state index is 0. The number of hydrogen-bond donors (Lipinski definition) is 1. The molecular formula is C14H25ClN4O2. The number of aromatic nitrogens is 2. The van der Waals surface area contributed by atoms with Crippen LogP contribution in [-0.2, 0) is 16.6 Å². The monoisotopic (exact) mass is 316 g/mol. The van der Waals surface area contributed by atoms with Crippen LogP contribution in [0.15, 0.2) is 0 Å². The number of halogens is 1. The Labute approximate surface area is 132 Å². The number of morpholine rings is 1. The third-order valence-corrected chi connectivity index (χ3v) is 3.84. The molecule has 0 bridgehead atoms. The van der Waals surface area contributed by atoms with Crippen LogP contribution < -0.4 is 5.73 Å². The highest BCUT2D eigenvalue weighted by molar-refractivity contribution is 5.85. The average Bonchev–Trinajstić information content (AvgIpc) is 2.62. The SMILES string of the molecule is Cc1nn(C)c(C)c1C1COCCN1C(=O)CC(C)N.Cl. The highest BCUT2D eigenvalue weighted by atomic mass is 35.5. The van der Waals surface area contributed by atoms with Crippen molar-refractivity contribution in [3.05, 3.63) is 17.0 Å². The summed E-state index contributed by atoms with van der Waals surface area (Å²) in [5, 5.41) is 4.44. The predicted octanol–water partition coefficient (Wildman–Crippen LogP) is 1.10. The highest BCUT2D eigenvalue weighted by Gasteiger charge is 2.32. The van der Waals surface area contributed by atoms with Gasteiger partial charge in [0, 0.05) is 37.3 Å². The molecule has 2 heterocycles. The highest BCUT2D eigenvalue weighted by Crippen LogP contribution is 2.29. The number of aryl methyl sites for hydroxylation is 2. The summed E-state index contributed by atoms with van der Waals surface area (Å²) >= 11 is 0. The van der Waals surface area contributed by atoms with E-state index in [9.17, 15) is 4.79 Å². The van der Waals surface area contributed by atoms with E-state index in [0.29, 0.717) is 26.2 Å². The fraction of sp³-hybridized carbons (Fsp3) is 0.714. The minimum atomic E-state index is -0.123. The van der Waals surface area contributed by atoms with Crippen molar-refractivity contribution >= 4 is 18.3 Å². The molecule has 21 heavy (non-hydrogen) atoms. The smallest absolute Gasteiger partial charge is 0.224 e. The van der Waals surface area contributed by atoms with Crippen molar-refractivity contribution < 1.29 is 9.53 Å². The zero-order chi connectivity index (χ0) is 14.9. The van der Waals surface area contributed by atoms with Gasteiger partial charge < -0.3 is 15.4 Å². The molecule has 0 aromatic carbocycles. The standard InChI is InChI=1S/C14H24N4O2.ClH/c1-9(15)7-13(19)18-5-6-20-8-12(18)14-10(2)16-17(4)11(14)3;/h9,12H,5-8,15H2,1-4H3;1H. The molecule has 1 fully saturated rings. The maximum Gasteiger partial charge on any atom is 0.224 e. The first kappa shape index (κ1) is 17.9. The van der Waals surface area contributed by atoms with Gasteiger partial charge in [-0.15, -0.1) is 12.4 Å². The molecule has 0 saturated carbocycles. The maximum atomic E-state index is 12.4. The van der Waals surface area contributed by atoms with Crippen LogP contribution in [-0.4, -0.2) is 46.4 Å². The van der Waals surface area contributed by atoms with Gasteiger partial charge in [-0.1, -0.05) is 0 Å². The van der Waals surface area contributed by atoms with Gasteiger partial charge in [-0.05, 0) is 20.8 Å². The van der Waals surface area contributed by atoms with E-state index in [1.54, 1.807) is 0 Å². The molecule has 2 rings (SSSR count). The molecule has 7 heteroatoms. The number of nitrogens with zero attached hydrogens (tertiary/aromatic N) is 3.